The summed E-state index contributed by atoms with van der Waals surface area (Å²) < 4.78 is 10.4. The van der Waals surface area contributed by atoms with Crippen molar-refractivity contribution in [1.29, 1.82) is 0 Å². The molecule has 1 aliphatic carbocycles. The fourth-order valence-corrected chi connectivity index (χ4v) is 3.24. The third-order valence-electron chi connectivity index (χ3n) is 3.98. The minimum Gasteiger partial charge on any atom is -0.459 e. The van der Waals surface area contributed by atoms with Crippen LogP contribution in [0.25, 0.3) is 11.5 Å². The van der Waals surface area contributed by atoms with Gasteiger partial charge in [-0.1, -0.05) is 5.16 Å². The summed E-state index contributed by atoms with van der Waals surface area (Å²) >= 11 is 1.37. The number of carbonyl (C=O) groups excluding carboxylic acids is 1. The summed E-state index contributed by atoms with van der Waals surface area (Å²) in [7, 11) is 0. The van der Waals surface area contributed by atoms with Gasteiger partial charge in [-0.05, 0) is 42.8 Å². The number of amides is 1. The van der Waals surface area contributed by atoms with E-state index in [2.05, 4.69) is 15.5 Å². The molecule has 0 bridgehead atoms. The van der Waals surface area contributed by atoms with E-state index in [1.54, 1.807) is 12.1 Å². The highest BCUT2D eigenvalue weighted by atomic mass is 32.1. The predicted molar refractivity (Wildman–Crippen MR) is 84.0 cm³/mol. The number of carbonyl (C=O) groups is 1. The smallest absolute Gasteiger partial charge is 0.291 e. The Morgan fingerprint density at radius 2 is 2.26 bits per heavy atom. The van der Waals surface area contributed by atoms with Crippen LogP contribution in [0.15, 0.2) is 38.8 Å². The molecule has 3 aromatic rings. The maximum Gasteiger partial charge on any atom is 0.291 e. The monoisotopic (exact) mass is 330 g/mol. The van der Waals surface area contributed by atoms with Crippen LogP contribution in [0.5, 0.6) is 0 Å². The van der Waals surface area contributed by atoms with Crippen molar-refractivity contribution in [1.82, 2.24) is 10.1 Å². The number of furan rings is 1. The largest absolute Gasteiger partial charge is 0.459 e. The van der Waals surface area contributed by atoms with Crippen molar-refractivity contribution >= 4 is 22.2 Å². The molecule has 4 rings (SSSR count). The molecule has 118 valence electrons. The lowest BCUT2D eigenvalue weighted by Gasteiger charge is -2.34. The zero-order chi connectivity index (χ0) is 15.9. The Bertz CT molecular complexity index is 833. The van der Waals surface area contributed by atoms with E-state index in [4.69, 9.17) is 14.7 Å². The number of anilines is 1. The Morgan fingerprint density at radius 3 is 2.96 bits per heavy atom. The van der Waals surface area contributed by atoms with Crippen LogP contribution in [0.2, 0.25) is 0 Å². The van der Waals surface area contributed by atoms with Gasteiger partial charge in [0.2, 0.25) is 0 Å². The van der Waals surface area contributed by atoms with Crippen LogP contribution in [0.3, 0.4) is 0 Å². The Hall–Kier alpha value is -2.45. The fourth-order valence-electron chi connectivity index (χ4n) is 2.46. The molecule has 0 unspecified atom stereocenters. The van der Waals surface area contributed by atoms with Gasteiger partial charge in [0.15, 0.2) is 11.6 Å². The minimum absolute atomic E-state index is 0.242. The average Bonchev–Trinajstić information content (AvgIpc) is 3.24. The number of aromatic nitrogens is 2. The van der Waals surface area contributed by atoms with Crippen LogP contribution in [0.1, 0.15) is 35.6 Å². The zero-order valence-electron chi connectivity index (χ0n) is 12.1. The van der Waals surface area contributed by atoms with Gasteiger partial charge in [-0.15, -0.1) is 11.3 Å². The number of nitrogens with zero attached hydrogens (tertiary/aromatic N) is 2. The number of thiophene rings is 1. The van der Waals surface area contributed by atoms with E-state index in [0.29, 0.717) is 22.3 Å². The first-order valence-corrected chi connectivity index (χ1v) is 8.09. The Balaban J connectivity index is 1.59. The standard InChI is InChI=1S/C15H14N4O3S/c16-15(5-2-6-15)14-18-12(22-19-14)9-4-8-23-13(9)17-11(20)10-3-1-7-21-10/h1,3-4,7-8H,2,5-6,16H2,(H,17,20). The van der Waals surface area contributed by atoms with Crippen molar-refractivity contribution in [2.45, 2.75) is 24.8 Å². The normalized spacial score (nSPS) is 16.0. The molecule has 3 heterocycles. The van der Waals surface area contributed by atoms with Crippen LogP contribution >= 0.6 is 11.3 Å². The quantitative estimate of drug-likeness (QED) is 0.761. The molecule has 1 aliphatic rings. The summed E-state index contributed by atoms with van der Waals surface area (Å²) in [5.74, 6) is 0.791. The molecule has 1 saturated carbocycles. The zero-order valence-corrected chi connectivity index (χ0v) is 12.9. The van der Waals surface area contributed by atoms with Crippen LogP contribution in [-0.2, 0) is 5.54 Å². The molecule has 1 fully saturated rings. The Morgan fingerprint density at radius 1 is 1.39 bits per heavy atom. The highest BCUT2D eigenvalue weighted by Crippen LogP contribution is 2.39. The van der Waals surface area contributed by atoms with Gasteiger partial charge in [0.25, 0.3) is 11.8 Å². The van der Waals surface area contributed by atoms with E-state index < -0.39 is 5.54 Å². The van der Waals surface area contributed by atoms with Gasteiger partial charge >= 0.3 is 0 Å². The number of hydrogen-bond acceptors (Lipinski definition) is 7. The molecule has 3 N–H and O–H groups in total. The lowest BCUT2D eigenvalue weighted by molar-refractivity contribution is 0.0997. The number of rotatable bonds is 4. The van der Waals surface area contributed by atoms with E-state index in [1.807, 2.05) is 11.4 Å². The molecular formula is C15H14N4O3S. The third-order valence-corrected chi connectivity index (χ3v) is 4.81. The Labute approximate surface area is 135 Å². The summed E-state index contributed by atoms with van der Waals surface area (Å²) in [6.07, 6.45) is 4.24. The molecule has 1 amide bonds. The van der Waals surface area contributed by atoms with Crippen molar-refractivity contribution in [3.05, 3.63) is 41.4 Å². The van der Waals surface area contributed by atoms with Crippen molar-refractivity contribution in [2.24, 2.45) is 5.73 Å². The van der Waals surface area contributed by atoms with Crippen molar-refractivity contribution < 1.29 is 13.7 Å². The highest BCUT2D eigenvalue weighted by Gasteiger charge is 2.39. The van der Waals surface area contributed by atoms with Gasteiger partial charge in [-0.2, -0.15) is 4.98 Å². The molecule has 0 aromatic carbocycles. The second kappa shape index (κ2) is 5.32. The SMILES string of the molecule is NC1(c2noc(-c3ccsc3NC(=O)c3ccco3)n2)CCC1. The van der Waals surface area contributed by atoms with E-state index in [0.717, 1.165) is 19.3 Å². The number of hydrogen-bond donors (Lipinski definition) is 2. The highest BCUT2D eigenvalue weighted by molar-refractivity contribution is 7.15. The first-order valence-electron chi connectivity index (χ1n) is 7.21. The van der Waals surface area contributed by atoms with Crippen LogP contribution in [0, 0.1) is 0 Å². The summed E-state index contributed by atoms with van der Waals surface area (Å²) in [5.41, 5.74) is 6.41. The van der Waals surface area contributed by atoms with Gasteiger partial charge in [-0.3, -0.25) is 4.79 Å². The molecule has 0 atom stereocenters. The minimum atomic E-state index is -0.477. The van der Waals surface area contributed by atoms with E-state index in [1.165, 1.54) is 17.6 Å². The average molecular weight is 330 g/mol. The lowest BCUT2D eigenvalue weighted by Crippen LogP contribution is -2.44. The van der Waals surface area contributed by atoms with Crippen LogP contribution < -0.4 is 11.1 Å². The first-order chi connectivity index (χ1) is 11.2. The molecule has 8 heteroatoms. The second-order valence-electron chi connectivity index (χ2n) is 5.53. The number of nitrogens with one attached hydrogen (secondary N) is 1. The molecule has 0 aliphatic heterocycles. The Kier molecular flexibility index (Phi) is 3.28. The van der Waals surface area contributed by atoms with Gasteiger partial charge < -0.3 is 20.0 Å². The number of nitrogens with two attached hydrogens (primary N) is 1. The van der Waals surface area contributed by atoms with Crippen molar-refractivity contribution in [3.8, 4) is 11.5 Å². The maximum absolute atomic E-state index is 12.1. The van der Waals surface area contributed by atoms with E-state index >= 15 is 0 Å². The summed E-state index contributed by atoms with van der Waals surface area (Å²) in [6, 6.07) is 5.08. The predicted octanol–water partition coefficient (Wildman–Crippen LogP) is 2.98. The first kappa shape index (κ1) is 14.2. The molecule has 7 nitrogen and oxygen atoms in total. The molecule has 3 aromatic heterocycles. The summed E-state index contributed by atoms with van der Waals surface area (Å²) in [6.45, 7) is 0. The van der Waals surface area contributed by atoms with E-state index in [-0.39, 0.29) is 11.7 Å². The molecule has 0 spiro atoms. The topological polar surface area (TPSA) is 107 Å². The fraction of sp³-hybridized carbons (Fsp3) is 0.267. The molecule has 23 heavy (non-hydrogen) atoms. The van der Waals surface area contributed by atoms with Gasteiger partial charge in [0, 0.05) is 0 Å². The summed E-state index contributed by atoms with van der Waals surface area (Å²) in [5, 5.41) is 9.26. The van der Waals surface area contributed by atoms with Crippen molar-refractivity contribution in [3.63, 3.8) is 0 Å². The molecule has 0 radical (unpaired) electrons. The third kappa shape index (κ3) is 2.45. The second-order valence-corrected chi connectivity index (χ2v) is 6.44. The van der Waals surface area contributed by atoms with Crippen molar-refractivity contribution in [2.75, 3.05) is 5.32 Å². The molecular weight excluding hydrogens is 316 g/mol. The van der Waals surface area contributed by atoms with Crippen LogP contribution in [0.4, 0.5) is 5.00 Å². The van der Waals surface area contributed by atoms with Crippen LogP contribution in [-0.4, -0.2) is 16.0 Å². The van der Waals surface area contributed by atoms with Gasteiger partial charge in [0.1, 0.15) is 5.00 Å². The maximum atomic E-state index is 12.1. The van der Waals surface area contributed by atoms with Gasteiger partial charge in [0.05, 0.1) is 17.4 Å². The summed E-state index contributed by atoms with van der Waals surface area (Å²) in [4.78, 5) is 16.5. The van der Waals surface area contributed by atoms with E-state index in [9.17, 15) is 4.79 Å². The van der Waals surface area contributed by atoms with Gasteiger partial charge in [-0.25, -0.2) is 0 Å². The lowest BCUT2D eigenvalue weighted by atomic mass is 9.77. The molecule has 0 saturated heterocycles.